The molecule has 10 rings (SSSR count). The molecule has 3 fully saturated rings. The molecule has 7 aromatic rings. The summed E-state index contributed by atoms with van der Waals surface area (Å²) < 4.78 is 113. The monoisotopic (exact) mass is 1280 g/mol. The number of H-pyrrole nitrogens is 2. The van der Waals surface area contributed by atoms with Gasteiger partial charge in [-0.05, 0) is 24.1 Å². The van der Waals surface area contributed by atoms with Crippen LogP contribution in [0.25, 0.3) is 33.5 Å². The lowest BCUT2D eigenvalue weighted by molar-refractivity contribution is -0.664. The smallest absolute Gasteiger partial charge is 0.387 e. The van der Waals surface area contributed by atoms with E-state index in [0.717, 1.165) is 30.7 Å². The van der Waals surface area contributed by atoms with Gasteiger partial charge in [0.15, 0.2) is 35.1 Å². The summed E-state index contributed by atoms with van der Waals surface area (Å²) in [7, 11) is -21.0. The molecule has 456 valence electrons. The number of hydrogen-bond donors (Lipinski definition) is 12. The molecule has 15 N–H and O–H groups in total. The zero-order valence-corrected chi connectivity index (χ0v) is 47.7. The Morgan fingerprint density at radius 2 is 1.26 bits per heavy atom. The molecular formula is C41H53ClN15O23P4+. The highest BCUT2D eigenvalue weighted by Gasteiger charge is 2.58. The summed E-state index contributed by atoms with van der Waals surface area (Å²) in [4.78, 5) is 98.7. The quantitative estimate of drug-likeness (QED) is 0.0265. The molecular weight excluding hydrogens is 1230 g/mol. The van der Waals surface area contributed by atoms with Crippen molar-refractivity contribution in [3.63, 3.8) is 0 Å². The van der Waals surface area contributed by atoms with Crippen LogP contribution < -0.4 is 32.9 Å². The summed E-state index contributed by atoms with van der Waals surface area (Å²) in [5.74, 6) is -1.68. The number of phosphoric acid groups is 3. The Hall–Kier alpha value is -5.60. The van der Waals surface area contributed by atoms with Gasteiger partial charge in [0, 0.05) is 31.8 Å². The Morgan fingerprint density at radius 3 is 1.93 bits per heavy atom. The molecule has 0 saturated carbocycles. The van der Waals surface area contributed by atoms with Crippen LogP contribution in [0.4, 0.5) is 17.7 Å². The summed E-state index contributed by atoms with van der Waals surface area (Å²) >= 11 is 6.06. The first-order valence-corrected chi connectivity index (χ1v) is 31.1. The SMILES string of the molecule is COCC[C@@H]1[C@@H](COP(=O)(O)OP(=O)(O)OP(=O)(O)OC[C@H]2O[C@@H](n3cnc4c(N)ncnc43)[C@H](OC)[C@@H]2P(=O)(O)OC[C@H]2O[C@@H](n3cnc4c(=O)[nH]c(N)nc43)[C@H](O)[C@@H]2O)OC(n2c[n+](Cc3ccc(Cl)cc3)c3c(=O)[nH]c(N)nc32)[C@@H]1O. The zero-order chi connectivity index (χ0) is 60.4. The summed E-state index contributed by atoms with van der Waals surface area (Å²) in [6.45, 7) is -3.12. The van der Waals surface area contributed by atoms with E-state index in [4.69, 9.17) is 66.1 Å². The standard InChI is InChI=1S/C41H52ClN15O23P4/c1-71-8-7-19-20(76-37(26(19)58)57-16-54(9-17-3-5-18(42)6-4-17)25-34(57)51-41(45)53-36(25)62)10-74-82(65,66)79-84(69,70)80-83(67,68)75-12-22-30(29(72-2)39(78-22)55-14-48-23-31(43)46-13-47-32(23)55)81(63,64)73-11-21-27(59)28(60)38(77-21)56-15-49-24-33(56)50-40(44)52-35(24)61/h3-6,13-16,19-22,26-30,37-39,58-60H,7-12H2,1-2H3,(H11-,43,44,45,46,47,50,51,52,53,61,62,63,64,65,66,67,68,69,70)/p+1/t19-,20-,21-,22-,26-,27-,28-,29-,30-,37?,38-,39-/m1/s1. The van der Waals surface area contributed by atoms with Crippen LogP contribution in [0.15, 0.2) is 59.2 Å². The molecule has 0 amide bonds. The van der Waals surface area contributed by atoms with Crippen molar-refractivity contribution >= 4 is 93.9 Å². The van der Waals surface area contributed by atoms with Crippen molar-refractivity contribution in [1.82, 2.24) is 53.6 Å². The Kier molecular flexibility index (Phi) is 17.5. The summed E-state index contributed by atoms with van der Waals surface area (Å²) in [6, 6.07) is 6.71. The minimum absolute atomic E-state index is 0.00313. The first-order valence-electron chi connectivity index (χ1n) is 24.6. The number of aliphatic hydroxyl groups is 3. The number of nitrogens with zero attached hydrogens (tertiary/aromatic N) is 10. The molecule has 16 atom stereocenters. The zero-order valence-electron chi connectivity index (χ0n) is 43.3. The Labute approximate surface area is 474 Å². The maximum absolute atomic E-state index is 14.5. The lowest BCUT2D eigenvalue weighted by atomic mass is 9.95. The minimum atomic E-state index is -6.23. The van der Waals surface area contributed by atoms with Gasteiger partial charge in [-0.15, -0.1) is 0 Å². The second kappa shape index (κ2) is 23.9. The van der Waals surface area contributed by atoms with E-state index in [2.05, 4.69) is 48.5 Å². The molecule has 1 aromatic carbocycles. The van der Waals surface area contributed by atoms with Crippen molar-refractivity contribution in [3.8, 4) is 0 Å². The van der Waals surface area contributed by atoms with E-state index in [0.29, 0.717) is 10.6 Å². The normalized spacial score (nSPS) is 28.5. The molecule has 6 aromatic heterocycles. The van der Waals surface area contributed by atoms with Crippen LogP contribution in [0, 0.1) is 5.92 Å². The lowest BCUT2D eigenvalue weighted by Gasteiger charge is -2.28. The van der Waals surface area contributed by atoms with Crippen LogP contribution in [-0.2, 0) is 70.7 Å². The van der Waals surface area contributed by atoms with Crippen molar-refractivity contribution in [3.05, 3.63) is 80.9 Å². The van der Waals surface area contributed by atoms with E-state index >= 15 is 0 Å². The number of imidazole rings is 3. The number of nitrogen functional groups attached to an aromatic ring is 3. The fourth-order valence-electron chi connectivity index (χ4n) is 10.00. The van der Waals surface area contributed by atoms with E-state index in [1.165, 1.54) is 27.1 Å². The number of benzene rings is 1. The van der Waals surface area contributed by atoms with Crippen molar-refractivity contribution < 1.29 is 104 Å². The minimum Gasteiger partial charge on any atom is -0.387 e. The molecule has 3 aliphatic rings. The number of rotatable bonds is 23. The first kappa shape index (κ1) is 61.5. The van der Waals surface area contributed by atoms with Gasteiger partial charge in [0.1, 0.15) is 60.7 Å². The molecule has 0 spiro atoms. The number of phosphoric ester groups is 2. The third-order valence-electron chi connectivity index (χ3n) is 13.7. The topological polar surface area (TPSA) is 542 Å². The van der Waals surface area contributed by atoms with Gasteiger partial charge in [-0.2, -0.15) is 23.2 Å². The van der Waals surface area contributed by atoms with E-state index in [1.54, 1.807) is 24.3 Å². The molecule has 5 unspecified atom stereocenters. The van der Waals surface area contributed by atoms with Gasteiger partial charge < -0.3 is 80.3 Å². The lowest BCUT2D eigenvalue weighted by Crippen LogP contribution is -2.38. The number of anilines is 3. The van der Waals surface area contributed by atoms with Crippen LogP contribution in [0.5, 0.6) is 0 Å². The summed E-state index contributed by atoms with van der Waals surface area (Å²) in [5, 5.41) is 34.2. The molecule has 0 aliphatic carbocycles. The number of fused-ring (bicyclic) bond motifs is 3. The number of aromatic amines is 2. The van der Waals surface area contributed by atoms with Crippen molar-refractivity contribution in [1.29, 1.82) is 0 Å². The molecule has 38 nitrogen and oxygen atoms in total. The highest BCUT2D eigenvalue weighted by atomic mass is 35.5. The van der Waals surface area contributed by atoms with Crippen molar-refractivity contribution in [2.45, 2.75) is 80.0 Å². The van der Waals surface area contributed by atoms with Crippen LogP contribution in [0.3, 0.4) is 0 Å². The third-order valence-corrected chi connectivity index (χ3v) is 20.1. The average molecular weight is 1280 g/mol. The number of aromatic nitrogens is 12. The Balaban J connectivity index is 0.829. The van der Waals surface area contributed by atoms with Gasteiger partial charge in [0.05, 0.1) is 38.6 Å². The summed E-state index contributed by atoms with van der Waals surface area (Å²) in [6.07, 6.45) is -11.3. The number of halogens is 1. The molecule has 3 aliphatic heterocycles. The molecule has 43 heteroatoms. The molecule has 3 saturated heterocycles. The van der Waals surface area contributed by atoms with Crippen LogP contribution in [0.1, 0.15) is 30.7 Å². The molecule has 0 radical (unpaired) electrons. The van der Waals surface area contributed by atoms with Gasteiger partial charge >= 0.3 is 36.6 Å². The molecule has 0 bridgehead atoms. The van der Waals surface area contributed by atoms with Crippen molar-refractivity contribution in [2.75, 3.05) is 57.8 Å². The largest absolute Gasteiger partial charge is 0.490 e. The van der Waals surface area contributed by atoms with E-state index < -0.39 is 135 Å². The van der Waals surface area contributed by atoms with E-state index in [-0.39, 0.29) is 70.8 Å². The van der Waals surface area contributed by atoms with E-state index in [9.17, 15) is 62.7 Å². The van der Waals surface area contributed by atoms with Gasteiger partial charge in [-0.1, -0.05) is 23.7 Å². The summed E-state index contributed by atoms with van der Waals surface area (Å²) in [5.41, 5.74) is 14.6. The van der Waals surface area contributed by atoms with E-state index in [1.807, 2.05) is 0 Å². The van der Waals surface area contributed by atoms with Crippen LogP contribution in [0.2, 0.25) is 5.02 Å². The molecule has 84 heavy (non-hydrogen) atoms. The highest BCUT2D eigenvalue weighted by Crippen LogP contribution is 2.68. The highest BCUT2D eigenvalue weighted by molar-refractivity contribution is 7.66. The van der Waals surface area contributed by atoms with Gasteiger partial charge in [-0.3, -0.25) is 42.3 Å². The van der Waals surface area contributed by atoms with Gasteiger partial charge in [-0.25, -0.2) is 38.2 Å². The number of ether oxygens (including phenoxy) is 5. The Bertz CT molecular complexity index is 3910. The third kappa shape index (κ3) is 12.5. The number of nitrogens with two attached hydrogens (primary N) is 3. The number of hydrogen-bond acceptors (Lipinski definition) is 28. The molecule has 9 heterocycles. The Morgan fingerprint density at radius 1 is 0.679 bits per heavy atom. The number of aliphatic hydroxyl groups excluding tert-OH is 3. The number of nitrogens with one attached hydrogen (secondary N) is 2. The van der Waals surface area contributed by atoms with Crippen molar-refractivity contribution in [2.24, 2.45) is 5.92 Å². The predicted octanol–water partition coefficient (Wildman–Crippen LogP) is -1.19. The maximum Gasteiger partial charge on any atom is 0.490 e. The second-order valence-corrected chi connectivity index (χ2v) is 26.1. The predicted molar refractivity (Wildman–Crippen MR) is 281 cm³/mol. The van der Waals surface area contributed by atoms with Gasteiger partial charge in [0.2, 0.25) is 24.5 Å². The fraction of sp³-hybridized carbons (Fsp3) is 0.488. The maximum atomic E-state index is 14.5. The fourth-order valence-corrected chi connectivity index (χ4v) is 15.4. The van der Waals surface area contributed by atoms with Crippen LogP contribution in [-0.4, -0.2) is 178 Å². The second-order valence-electron chi connectivity index (χ2n) is 19.1. The first-order chi connectivity index (χ1) is 39.7. The number of methoxy groups -OCH3 is 2. The van der Waals surface area contributed by atoms with Crippen LogP contribution >= 0.6 is 42.7 Å². The average Bonchev–Trinajstić information content (AvgIpc) is 3.16. The van der Waals surface area contributed by atoms with Gasteiger partial charge in [0.25, 0.3) is 16.7 Å².